The second kappa shape index (κ2) is 6.36. The SMILES string of the molecule is C=CC(=C\C)/C(C)=C/C(=NC)C(C)C. The number of aliphatic imine (C=N–C) groups is 1. The third kappa shape index (κ3) is 3.73. The normalized spacial score (nSPS) is 14.9. The predicted octanol–water partition coefficient (Wildman–Crippen LogP) is 3.79. The minimum Gasteiger partial charge on any atom is -0.293 e. The van der Waals surface area contributed by atoms with Gasteiger partial charge in [0.05, 0.1) is 0 Å². The van der Waals surface area contributed by atoms with E-state index >= 15 is 0 Å². The standard InChI is InChI=1S/C13H21N/c1-7-12(8-2)11(5)9-13(14-6)10(3)4/h7-10H,1H2,2-6H3/b11-9+,12-8+,14-13?. The number of nitrogens with zero attached hydrogens (tertiary/aromatic N) is 1. The van der Waals surface area contributed by atoms with Crippen molar-refractivity contribution >= 4 is 5.71 Å². The van der Waals surface area contributed by atoms with E-state index in [0.29, 0.717) is 5.92 Å². The van der Waals surface area contributed by atoms with E-state index in [-0.39, 0.29) is 0 Å². The van der Waals surface area contributed by atoms with Crippen LogP contribution in [0.2, 0.25) is 0 Å². The zero-order chi connectivity index (χ0) is 11.1. The van der Waals surface area contributed by atoms with Gasteiger partial charge in [0.25, 0.3) is 0 Å². The van der Waals surface area contributed by atoms with Crippen molar-refractivity contribution in [1.29, 1.82) is 0 Å². The van der Waals surface area contributed by atoms with Gasteiger partial charge in [-0.1, -0.05) is 32.6 Å². The Labute approximate surface area is 87.9 Å². The van der Waals surface area contributed by atoms with Gasteiger partial charge < -0.3 is 0 Å². The van der Waals surface area contributed by atoms with Crippen molar-refractivity contribution in [3.05, 3.63) is 36.0 Å². The third-order valence-electron chi connectivity index (χ3n) is 2.20. The molecule has 14 heavy (non-hydrogen) atoms. The first-order valence-corrected chi connectivity index (χ1v) is 5.00. The van der Waals surface area contributed by atoms with Gasteiger partial charge in [-0.2, -0.15) is 0 Å². The molecule has 0 rings (SSSR count). The van der Waals surface area contributed by atoms with E-state index in [1.165, 1.54) is 11.1 Å². The molecule has 78 valence electrons. The lowest BCUT2D eigenvalue weighted by atomic mass is 10.0. The van der Waals surface area contributed by atoms with Crippen molar-refractivity contribution in [2.45, 2.75) is 27.7 Å². The molecular formula is C13H21N. The topological polar surface area (TPSA) is 12.4 Å². The third-order valence-corrected chi connectivity index (χ3v) is 2.20. The van der Waals surface area contributed by atoms with Crippen molar-refractivity contribution in [2.75, 3.05) is 7.05 Å². The predicted molar refractivity (Wildman–Crippen MR) is 65.9 cm³/mol. The maximum absolute atomic E-state index is 4.26. The maximum Gasteiger partial charge on any atom is 0.0373 e. The van der Waals surface area contributed by atoms with Gasteiger partial charge in [0.1, 0.15) is 0 Å². The van der Waals surface area contributed by atoms with E-state index in [9.17, 15) is 0 Å². The van der Waals surface area contributed by atoms with Crippen LogP contribution < -0.4 is 0 Å². The molecule has 0 spiro atoms. The summed E-state index contributed by atoms with van der Waals surface area (Å²) in [6.45, 7) is 12.2. The van der Waals surface area contributed by atoms with Gasteiger partial charge in [0.15, 0.2) is 0 Å². The van der Waals surface area contributed by atoms with Gasteiger partial charge >= 0.3 is 0 Å². The molecule has 0 fully saturated rings. The minimum atomic E-state index is 0.470. The smallest absolute Gasteiger partial charge is 0.0373 e. The van der Waals surface area contributed by atoms with Gasteiger partial charge in [-0.15, -0.1) is 0 Å². The van der Waals surface area contributed by atoms with Crippen LogP contribution in [0, 0.1) is 5.92 Å². The van der Waals surface area contributed by atoms with E-state index in [2.05, 4.69) is 44.5 Å². The van der Waals surface area contributed by atoms with Crippen LogP contribution >= 0.6 is 0 Å². The Kier molecular flexibility index (Phi) is 5.86. The first-order chi connectivity index (χ1) is 6.56. The summed E-state index contributed by atoms with van der Waals surface area (Å²) in [5, 5.41) is 0. The van der Waals surface area contributed by atoms with E-state index in [0.717, 1.165) is 5.71 Å². The average Bonchev–Trinajstić information content (AvgIpc) is 2.15. The average molecular weight is 191 g/mol. The fourth-order valence-corrected chi connectivity index (χ4v) is 1.30. The summed E-state index contributed by atoms with van der Waals surface area (Å²) in [5.74, 6) is 0.470. The molecule has 0 aromatic rings. The Morgan fingerprint density at radius 1 is 1.36 bits per heavy atom. The molecule has 1 nitrogen and oxygen atoms in total. The van der Waals surface area contributed by atoms with Crippen LogP contribution in [0.5, 0.6) is 0 Å². The molecular weight excluding hydrogens is 170 g/mol. The first kappa shape index (κ1) is 12.9. The summed E-state index contributed by atoms with van der Waals surface area (Å²) in [7, 11) is 1.84. The molecule has 0 heterocycles. The summed E-state index contributed by atoms with van der Waals surface area (Å²) >= 11 is 0. The largest absolute Gasteiger partial charge is 0.293 e. The first-order valence-electron chi connectivity index (χ1n) is 5.00. The van der Waals surface area contributed by atoms with E-state index in [1.54, 1.807) is 0 Å². The number of hydrogen-bond donors (Lipinski definition) is 0. The highest BCUT2D eigenvalue weighted by Gasteiger charge is 2.02. The zero-order valence-corrected chi connectivity index (χ0v) is 9.96. The van der Waals surface area contributed by atoms with Gasteiger partial charge in [-0.05, 0) is 37.0 Å². The Bertz CT molecular complexity index is 278. The van der Waals surface area contributed by atoms with Crippen molar-refractivity contribution in [1.82, 2.24) is 0 Å². The van der Waals surface area contributed by atoms with Crippen LogP contribution in [0.25, 0.3) is 0 Å². The molecule has 0 unspecified atom stereocenters. The summed E-state index contributed by atoms with van der Waals surface area (Å²) in [6, 6.07) is 0. The van der Waals surface area contributed by atoms with Crippen LogP contribution in [0.15, 0.2) is 40.9 Å². The van der Waals surface area contributed by atoms with E-state index < -0.39 is 0 Å². The summed E-state index contributed by atoms with van der Waals surface area (Å²) in [4.78, 5) is 4.26. The summed E-state index contributed by atoms with van der Waals surface area (Å²) < 4.78 is 0. The van der Waals surface area contributed by atoms with Crippen molar-refractivity contribution < 1.29 is 0 Å². The summed E-state index contributed by atoms with van der Waals surface area (Å²) in [6.07, 6.45) is 6.06. The van der Waals surface area contributed by atoms with Crippen LogP contribution in [0.1, 0.15) is 27.7 Å². The van der Waals surface area contributed by atoms with Crippen molar-refractivity contribution in [2.24, 2.45) is 10.9 Å². The highest BCUT2D eigenvalue weighted by atomic mass is 14.7. The zero-order valence-electron chi connectivity index (χ0n) is 9.96. The van der Waals surface area contributed by atoms with E-state index in [4.69, 9.17) is 0 Å². The fraction of sp³-hybridized carbons (Fsp3) is 0.462. The second-order valence-electron chi connectivity index (χ2n) is 3.58. The molecule has 0 amide bonds. The highest BCUT2D eigenvalue weighted by Crippen LogP contribution is 2.12. The minimum absolute atomic E-state index is 0.470. The van der Waals surface area contributed by atoms with Crippen molar-refractivity contribution in [3.63, 3.8) is 0 Å². The molecule has 0 saturated heterocycles. The molecule has 0 aromatic heterocycles. The molecule has 0 N–H and O–H groups in total. The van der Waals surface area contributed by atoms with Gasteiger partial charge in [0, 0.05) is 12.8 Å². The molecule has 0 aliphatic rings. The van der Waals surface area contributed by atoms with Crippen LogP contribution in [-0.4, -0.2) is 12.8 Å². The van der Waals surface area contributed by atoms with Crippen molar-refractivity contribution in [3.8, 4) is 0 Å². The summed E-state index contributed by atoms with van der Waals surface area (Å²) in [5.41, 5.74) is 3.52. The quantitative estimate of drug-likeness (QED) is 0.473. The highest BCUT2D eigenvalue weighted by molar-refractivity contribution is 5.97. The molecule has 0 aliphatic carbocycles. The molecule has 0 aliphatic heterocycles. The van der Waals surface area contributed by atoms with E-state index in [1.807, 2.05) is 20.0 Å². The Balaban J connectivity index is 4.91. The lowest BCUT2D eigenvalue weighted by molar-refractivity contribution is 0.885. The van der Waals surface area contributed by atoms with Gasteiger partial charge in [-0.3, -0.25) is 4.99 Å². The molecule has 0 atom stereocenters. The Morgan fingerprint density at radius 2 is 1.93 bits per heavy atom. The molecule has 0 aromatic carbocycles. The number of hydrogen-bond acceptors (Lipinski definition) is 1. The molecule has 1 heteroatoms. The van der Waals surface area contributed by atoms with Crippen LogP contribution in [-0.2, 0) is 0 Å². The molecule has 0 bridgehead atoms. The second-order valence-corrected chi connectivity index (χ2v) is 3.58. The maximum atomic E-state index is 4.26. The van der Waals surface area contributed by atoms with Gasteiger partial charge in [-0.25, -0.2) is 0 Å². The molecule has 0 saturated carbocycles. The Hall–Kier alpha value is -1.11. The molecule has 0 radical (unpaired) electrons. The van der Waals surface area contributed by atoms with Gasteiger partial charge in [0.2, 0.25) is 0 Å². The Morgan fingerprint density at radius 3 is 2.21 bits per heavy atom. The lowest BCUT2D eigenvalue weighted by Crippen LogP contribution is -2.04. The lowest BCUT2D eigenvalue weighted by Gasteiger charge is -2.07. The van der Waals surface area contributed by atoms with Crippen LogP contribution in [0.4, 0.5) is 0 Å². The monoisotopic (exact) mass is 191 g/mol. The number of allylic oxidation sites excluding steroid dienone is 5. The fourth-order valence-electron chi connectivity index (χ4n) is 1.30. The van der Waals surface area contributed by atoms with Crippen LogP contribution in [0.3, 0.4) is 0 Å². The number of rotatable bonds is 4.